The zero-order valence-electron chi connectivity index (χ0n) is 24.6. The zero-order valence-corrected chi connectivity index (χ0v) is 24.6. The number of methoxy groups -OCH3 is 2. The molecule has 0 radical (unpaired) electrons. The summed E-state index contributed by atoms with van der Waals surface area (Å²) < 4.78 is 45.8. The van der Waals surface area contributed by atoms with Crippen molar-refractivity contribution in [1.29, 1.82) is 0 Å². The van der Waals surface area contributed by atoms with Gasteiger partial charge in [-0.3, -0.25) is 0 Å². The molecule has 0 spiro atoms. The molecule has 0 saturated carbocycles. The van der Waals surface area contributed by atoms with Crippen LogP contribution in [0.15, 0.2) is 60.7 Å². The van der Waals surface area contributed by atoms with Crippen LogP contribution in [0.2, 0.25) is 0 Å². The topological polar surface area (TPSA) is 108 Å². The highest BCUT2D eigenvalue weighted by atomic mass is 16.8. The number of fused-ring (bicyclic) bond motifs is 2. The highest BCUT2D eigenvalue weighted by molar-refractivity contribution is 5.97. The number of carbonyl (C=O) groups excluding carboxylic acids is 2. The van der Waals surface area contributed by atoms with Gasteiger partial charge in [0, 0.05) is 26.7 Å². The highest BCUT2D eigenvalue weighted by Crippen LogP contribution is 2.35. The summed E-state index contributed by atoms with van der Waals surface area (Å²) in [5.41, 5.74) is 1.18. The summed E-state index contributed by atoms with van der Waals surface area (Å²) in [6.45, 7) is 5.35. The third-order valence-electron chi connectivity index (χ3n) is 6.55. The lowest BCUT2D eigenvalue weighted by molar-refractivity contribution is -0.152. The molecule has 226 valence electrons. The first kappa shape index (κ1) is 31.2. The molecule has 2 aliphatic heterocycles. The van der Waals surface area contributed by atoms with Gasteiger partial charge in [0.25, 0.3) is 0 Å². The predicted molar refractivity (Wildman–Crippen MR) is 153 cm³/mol. The number of esters is 2. The lowest BCUT2D eigenvalue weighted by atomic mass is 10.0. The van der Waals surface area contributed by atoms with Crippen LogP contribution >= 0.6 is 0 Å². The van der Waals surface area contributed by atoms with E-state index in [1.165, 1.54) is 14.2 Å². The van der Waals surface area contributed by atoms with Gasteiger partial charge in [0.2, 0.25) is 0 Å². The number of hydrogen-bond donors (Lipinski definition) is 0. The van der Waals surface area contributed by atoms with E-state index >= 15 is 0 Å². The van der Waals surface area contributed by atoms with Gasteiger partial charge in [0.15, 0.2) is 19.4 Å². The van der Waals surface area contributed by atoms with E-state index < -0.39 is 42.1 Å². The first-order valence-corrected chi connectivity index (χ1v) is 13.8. The van der Waals surface area contributed by atoms with Crippen LogP contribution < -0.4 is 9.47 Å². The number of benzene rings is 2. The fraction of sp³-hybridized carbons (Fsp3) is 0.438. The van der Waals surface area contributed by atoms with Crippen LogP contribution in [0.3, 0.4) is 0 Å². The van der Waals surface area contributed by atoms with Crippen molar-refractivity contribution in [2.75, 3.05) is 27.8 Å². The molecule has 0 amide bonds. The first-order chi connectivity index (χ1) is 20.2. The van der Waals surface area contributed by atoms with Gasteiger partial charge in [-0.1, -0.05) is 36.4 Å². The molecule has 2 aromatic rings. The van der Waals surface area contributed by atoms with Crippen LogP contribution in [0.25, 0.3) is 6.08 Å². The van der Waals surface area contributed by atoms with Crippen molar-refractivity contribution in [2.45, 2.75) is 63.8 Å². The summed E-state index contributed by atoms with van der Waals surface area (Å²) in [7, 11) is 3.00. The Labute approximate surface area is 246 Å². The van der Waals surface area contributed by atoms with Crippen LogP contribution in [0.1, 0.15) is 59.9 Å². The molecule has 1 fully saturated rings. The van der Waals surface area contributed by atoms with Gasteiger partial charge in [-0.05, 0) is 57.0 Å². The number of ether oxygens (including phenoxy) is 8. The molecule has 0 aromatic heterocycles. The highest BCUT2D eigenvalue weighted by Gasteiger charge is 2.45. The first-order valence-electron chi connectivity index (χ1n) is 13.8. The minimum Gasteiger partial charge on any atom is -0.467 e. The Morgan fingerprint density at radius 2 is 1.71 bits per heavy atom. The smallest absolute Gasteiger partial charge is 0.342 e. The van der Waals surface area contributed by atoms with Gasteiger partial charge in [-0.15, -0.1) is 0 Å². The summed E-state index contributed by atoms with van der Waals surface area (Å²) in [5.74, 6) is -1.27. The molecule has 1 saturated heterocycles. The van der Waals surface area contributed by atoms with Crippen molar-refractivity contribution in [1.82, 2.24) is 0 Å². The number of carbonyl (C=O) groups is 2. The Morgan fingerprint density at radius 1 is 0.976 bits per heavy atom. The van der Waals surface area contributed by atoms with Crippen LogP contribution in [-0.4, -0.2) is 69.9 Å². The van der Waals surface area contributed by atoms with Crippen molar-refractivity contribution < 1.29 is 47.5 Å². The Bertz CT molecular complexity index is 1270. The van der Waals surface area contributed by atoms with E-state index in [4.69, 9.17) is 37.9 Å². The quantitative estimate of drug-likeness (QED) is 0.231. The second kappa shape index (κ2) is 14.5. The maximum absolute atomic E-state index is 13.4. The van der Waals surface area contributed by atoms with E-state index in [9.17, 15) is 9.59 Å². The van der Waals surface area contributed by atoms with Crippen molar-refractivity contribution >= 4 is 18.0 Å². The fourth-order valence-electron chi connectivity index (χ4n) is 4.74. The van der Waals surface area contributed by atoms with E-state index in [0.717, 1.165) is 0 Å². The lowest BCUT2D eigenvalue weighted by Gasteiger charge is -2.24. The summed E-state index contributed by atoms with van der Waals surface area (Å²) in [5, 5.41) is 0. The normalized spacial score (nSPS) is 25.2. The van der Waals surface area contributed by atoms with Gasteiger partial charge in [-0.25, -0.2) is 9.59 Å². The molecule has 0 bridgehead atoms. The van der Waals surface area contributed by atoms with Gasteiger partial charge < -0.3 is 37.9 Å². The van der Waals surface area contributed by atoms with Crippen LogP contribution in [0, 0.1) is 0 Å². The van der Waals surface area contributed by atoms with E-state index in [-0.39, 0.29) is 24.9 Å². The molecule has 4 rings (SSSR count). The maximum atomic E-state index is 13.4. The van der Waals surface area contributed by atoms with Crippen LogP contribution in [0.4, 0.5) is 0 Å². The Morgan fingerprint density at radius 3 is 2.45 bits per heavy atom. The molecule has 0 aliphatic carbocycles. The van der Waals surface area contributed by atoms with E-state index in [1.807, 2.05) is 32.1 Å². The lowest BCUT2D eigenvalue weighted by Crippen LogP contribution is -2.37. The second-order valence-corrected chi connectivity index (χ2v) is 10.4. The molecule has 10 heteroatoms. The standard InChI is InChI=1S/C32H38O10/c1-21-11-9-15-25(40-30(33)22-12-7-6-8-13-22)29-26(41-32(2,3)42-29)16-10-14-23-17-24(37-19-35-4)18-27(38-20-36-5)28(23)31(34)39-21/h6-10,12-15,17-18,21,25-26,29H,11,16,19-20H2,1-5H3/b14-10+,15-9-/t21-,25?,26?,29?/m0/s1. The largest absolute Gasteiger partial charge is 0.467 e. The second-order valence-electron chi connectivity index (χ2n) is 10.4. The minimum absolute atomic E-state index is 0.00708. The van der Waals surface area contributed by atoms with E-state index in [2.05, 4.69) is 0 Å². The van der Waals surface area contributed by atoms with Gasteiger partial charge >= 0.3 is 11.9 Å². The molecule has 0 N–H and O–H groups in total. The van der Waals surface area contributed by atoms with Gasteiger partial charge in [-0.2, -0.15) is 0 Å². The number of hydrogen-bond acceptors (Lipinski definition) is 10. The van der Waals surface area contributed by atoms with Crippen LogP contribution in [-0.2, 0) is 28.4 Å². The monoisotopic (exact) mass is 582 g/mol. The summed E-state index contributed by atoms with van der Waals surface area (Å²) in [6, 6.07) is 12.1. The molecular formula is C32H38O10. The maximum Gasteiger partial charge on any atom is 0.342 e. The summed E-state index contributed by atoms with van der Waals surface area (Å²) >= 11 is 0. The van der Waals surface area contributed by atoms with E-state index in [0.29, 0.717) is 29.7 Å². The molecule has 2 aliphatic rings. The summed E-state index contributed by atoms with van der Waals surface area (Å²) in [4.78, 5) is 26.5. The average molecular weight is 583 g/mol. The van der Waals surface area contributed by atoms with Crippen molar-refractivity contribution in [3.63, 3.8) is 0 Å². The average Bonchev–Trinajstić information content (AvgIpc) is 3.27. The Hall–Kier alpha value is -3.70. The molecular weight excluding hydrogens is 544 g/mol. The summed E-state index contributed by atoms with van der Waals surface area (Å²) in [6.07, 6.45) is 5.68. The predicted octanol–water partition coefficient (Wildman–Crippen LogP) is 5.31. The molecule has 3 unspecified atom stereocenters. The molecule has 4 atom stereocenters. The Balaban J connectivity index is 1.71. The Kier molecular flexibility index (Phi) is 10.8. The van der Waals surface area contributed by atoms with Crippen molar-refractivity contribution in [3.8, 4) is 11.5 Å². The third-order valence-corrected chi connectivity index (χ3v) is 6.55. The SMILES string of the molecule is COCOc1cc2c(c(OCOC)c1)C(=O)O[C@@H](C)C/C=C\C(OC(=O)c1ccccc1)C1OC(C)(C)OC1C/C=C/2. The van der Waals surface area contributed by atoms with Gasteiger partial charge in [0.1, 0.15) is 35.4 Å². The minimum atomic E-state index is -0.908. The van der Waals surface area contributed by atoms with E-state index in [1.54, 1.807) is 55.5 Å². The molecule has 42 heavy (non-hydrogen) atoms. The molecule has 2 heterocycles. The fourth-order valence-corrected chi connectivity index (χ4v) is 4.74. The molecule has 2 aromatic carbocycles. The van der Waals surface area contributed by atoms with Gasteiger partial charge in [0.05, 0.1) is 11.7 Å². The number of rotatable bonds is 8. The number of cyclic esters (lactones) is 1. The van der Waals surface area contributed by atoms with Crippen molar-refractivity contribution in [2.24, 2.45) is 0 Å². The van der Waals surface area contributed by atoms with Crippen molar-refractivity contribution in [3.05, 3.63) is 77.4 Å². The zero-order chi connectivity index (χ0) is 30.1. The third kappa shape index (κ3) is 8.19. The molecule has 10 nitrogen and oxygen atoms in total. The van der Waals surface area contributed by atoms with Crippen LogP contribution in [0.5, 0.6) is 11.5 Å².